The van der Waals surface area contributed by atoms with E-state index in [1.807, 2.05) is 29.9 Å². The lowest BCUT2D eigenvalue weighted by molar-refractivity contribution is 0.949. The molecular weight excluding hydrogens is 426 g/mol. The first-order valence-corrected chi connectivity index (χ1v) is 11.9. The van der Waals surface area contributed by atoms with Crippen LogP contribution < -0.4 is 10.2 Å². The lowest BCUT2D eigenvalue weighted by Crippen LogP contribution is -2.18. The Kier molecular flexibility index (Phi) is 4.89. The lowest BCUT2D eigenvalue weighted by Gasteiger charge is -2.19. The first-order valence-electron chi connectivity index (χ1n) is 11.1. The zero-order valence-electron chi connectivity index (χ0n) is 18.0. The summed E-state index contributed by atoms with van der Waals surface area (Å²) < 4.78 is 1.17. The molecule has 3 aromatic carbocycles. The Morgan fingerprint density at radius 3 is 2.61 bits per heavy atom. The average Bonchev–Trinajstić information content (AvgIpc) is 3.56. The fourth-order valence-electron chi connectivity index (χ4n) is 4.56. The predicted molar refractivity (Wildman–Crippen MR) is 136 cm³/mol. The van der Waals surface area contributed by atoms with Gasteiger partial charge in [0, 0.05) is 36.0 Å². The van der Waals surface area contributed by atoms with Crippen LogP contribution in [0.1, 0.15) is 18.4 Å². The number of aromatic nitrogens is 2. The van der Waals surface area contributed by atoms with Crippen molar-refractivity contribution in [3.63, 3.8) is 0 Å². The van der Waals surface area contributed by atoms with Gasteiger partial charge >= 0.3 is 0 Å². The van der Waals surface area contributed by atoms with Gasteiger partial charge in [-0.25, -0.2) is 4.98 Å². The molecule has 1 aliphatic heterocycles. The Morgan fingerprint density at radius 2 is 1.73 bits per heavy atom. The van der Waals surface area contributed by atoms with Gasteiger partial charge in [0.25, 0.3) is 0 Å². The molecule has 0 radical (unpaired) electrons. The number of anilines is 3. The summed E-state index contributed by atoms with van der Waals surface area (Å²) in [6, 6.07) is 23.1. The number of rotatable bonds is 4. The lowest BCUT2D eigenvalue weighted by atomic mass is 9.99. The first kappa shape index (κ1) is 19.7. The van der Waals surface area contributed by atoms with Crippen molar-refractivity contribution in [3.05, 3.63) is 77.9 Å². The number of hydrogen-bond donors (Lipinski definition) is 1. The van der Waals surface area contributed by atoms with Gasteiger partial charge < -0.3 is 10.2 Å². The molecule has 0 saturated carbocycles. The van der Waals surface area contributed by atoms with E-state index in [4.69, 9.17) is 0 Å². The monoisotopic (exact) mass is 447 g/mol. The van der Waals surface area contributed by atoms with Crippen LogP contribution in [0.4, 0.5) is 17.1 Å². The highest BCUT2D eigenvalue weighted by Gasteiger charge is 2.16. The summed E-state index contributed by atoms with van der Waals surface area (Å²) in [5, 5.41) is 14.4. The SMILES string of the molecule is N#Cc1cc(-c2ccc3nccc(Nc4ccc5scnc5c4)c3c2)ccc1N1CCCC1. The van der Waals surface area contributed by atoms with E-state index in [0.29, 0.717) is 0 Å². The number of fused-ring (bicyclic) bond motifs is 2. The number of benzene rings is 3. The Balaban J connectivity index is 1.39. The number of nitrogens with zero attached hydrogens (tertiary/aromatic N) is 4. The van der Waals surface area contributed by atoms with Crippen LogP contribution in [-0.2, 0) is 0 Å². The van der Waals surface area contributed by atoms with Crippen molar-refractivity contribution in [1.29, 1.82) is 5.26 Å². The van der Waals surface area contributed by atoms with E-state index in [9.17, 15) is 5.26 Å². The molecule has 0 unspecified atom stereocenters. The van der Waals surface area contributed by atoms with Crippen LogP contribution in [0.2, 0.25) is 0 Å². The minimum atomic E-state index is 0.732. The van der Waals surface area contributed by atoms with Crippen LogP contribution in [0.15, 0.2) is 72.4 Å². The quantitative estimate of drug-likeness (QED) is 0.331. The number of hydrogen-bond acceptors (Lipinski definition) is 6. The molecule has 5 nitrogen and oxygen atoms in total. The fourth-order valence-corrected chi connectivity index (χ4v) is 5.22. The van der Waals surface area contributed by atoms with E-state index < -0.39 is 0 Å². The van der Waals surface area contributed by atoms with Gasteiger partial charge in [-0.2, -0.15) is 5.26 Å². The fraction of sp³-hybridized carbons (Fsp3) is 0.148. The van der Waals surface area contributed by atoms with Gasteiger partial charge in [-0.05, 0) is 72.5 Å². The number of thiazole rings is 1. The highest BCUT2D eigenvalue weighted by atomic mass is 32.1. The van der Waals surface area contributed by atoms with Gasteiger partial charge in [0.15, 0.2) is 0 Å². The zero-order valence-corrected chi connectivity index (χ0v) is 18.8. The summed E-state index contributed by atoms with van der Waals surface area (Å²) in [5.41, 5.74) is 9.65. The van der Waals surface area contributed by atoms with Crippen LogP contribution in [0, 0.1) is 11.3 Å². The van der Waals surface area contributed by atoms with Crippen LogP contribution in [0.3, 0.4) is 0 Å². The van der Waals surface area contributed by atoms with Crippen molar-refractivity contribution < 1.29 is 0 Å². The van der Waals surface area contributed by atoms with Crippen LogP contribution in [-0.4, -0.2) is 23.1 Å². The third-order valence-electron chi connectivity index (χ3n) is 6.25. The molecule has 0 spiro atoms. The number of nitrogens with one attached hydrogen (secondary N) is 1. The van der Waals surface area contributed by atoms with Crippen LogP contribution in [0.25, 0.3) is 32.2 Å². The maximum absolute atomic E-state index is 9.79. The highest BCUT2D eigenvalue weighted by Crippen LogP contribution is 2.33. The number of nitriles is 1. The Hall–Kier alpha value is -3.95. The van der Waals surface area contributed by atoms with Crippen molar-refractivity contribution in [2.75, 3.05) is 23.3 Å². The molecule has 2 aromatic heterocycles. The molecule has 33 heavy (non-hydrogen) atoms. The standard InChI is InChI=1S/C27H21N5S/c28-16-20-13-18(4-7-26(20)32-11-1-2-12-32)19-3-6-23-22(14-19)24(9-10-29-23)31-21-5-8-27-25(15-21)30-17-33-27/h3-10,13-15,17H,1-2,11-12H2,(H,29,31). The Bertz CT molecular complexity index is 1530. The van der Waals surface area contributed by atoms with Crippen molar-refractivity contribution in [3.8, 4) is 17.2 Å². The molecule has 0 bridgehead atoms. The van der Waals surface area contributed by atoms with Gasteiger partial charge in [0.05, 0.1) is 32.5 Å². The van der Waals surface area contributed by atoms with Crippen LogP contribution >= 0.6 is 11.3 Å². The minimum Gasteiger partial charge on any atom is -0.370 e. The third-order valence-corrected chi connectivity index (χ3v) is 7.06. The molecule has 6 heteroatoms. The molecule has 5 aromatic rings. The third kappa shape index (κ3) is 3.67. The number of pyridine rings is 1. The Morgan fingerprint density at radius 1 is 0.879 bits per heavy atom. The summed E-state index contributed by atoms with van der Waals surface area (Å²) in [6.45, 7) is 2.05. The second-order valence-electron chi connectivity index (χ2n) is 8.29. The molecule has 1 fully saturated rings. The second kappa shape index (κ2) is 8.19. The molecule has 6 rings (SSSR count). The van der Waals surface area contributed by atoms with E-state index in [2.05, 4.69) is 68.7 Å². The van der Waals surface area contributed by atoms with Crippen LogP contribution in [0.5, 0.6) is 0 Å². The largest absolute Gasteiger partial charge is 0.370 e. The average molecular weight is 448 g/mol. The van der Waals surface area contributed by atoms with E-state index in [1.165, 1.54) is 17.5 Å². The second-order valence-corrected chi connectivity index (χ2v) is 9.17. The van der Waals surface area contributed by atoms with Gasteiger partial charge in [-0.3, -0.25) is 4.98 Å². The molecule has 1 N–H and O–H groups in total. The molecule has 160 valence electrons. The summed E-state index contributed by atoms with van der Waals surface area (Å²) in [5.74, 6) is 0. The topological polar surface area (TPSA) is 64.8 Å². The molecular formula is C27H21N5S. The first-order chi connectivity index (χ1) is 16.3. The maximum atomic E-state index is 9.79. The molecule has 3 heterocycles. The highest BCUT2D eigenvalue weighted by molar-refractivity contribution is 7.16. The van der Waals surface area contributed by atoms with Gasteiger partial charge in [0.2, 0.25) is 0 Å². The van der Waals surface area contributed by atoms with Crippen molar-refractivity contribution in [2.45, 2.75) is 12.8 Å². The van der Waals surface area contributed by atoms with Gasteiger partial charge in [0.1, 0.15) is 6.07 Å². The van der Waals surface area contributed by atoms with E-state index in [1.54, 1.807) is 11.3 Å². The minimum absolute atomic E-state index is 0.732. The van der Waals surface area contributed by atoms with Gasteiger partial charge in [-0.15, -0.1) is 11.3 Å². The van der Waals surface area contributed by atoms with Crippen molar-refractivity contribution in [2.24, 2.45) is 0 Å². The zero-order chi connectivity index (χ0) is 22.2. The smallest absolute Gasteiger partial charge is 0.101 e. The van der Waals surface area contributed by atoms with Gasteiger partial charge in [-0.1, -0.05) is 12.1 Å². The molecule has 0 amide bonds. The summed E-state index contributed by atoms with van der Waals surface area (Å²) in [6.07, 6.45) is 4.20. The molecule has 1 saturated heterocycles. The maximum Gasteiger partial charge on any atom is 0.101 e. The molecule has 0 aliphatic carbocycles. The van der Waals surface area contributed by atoms with Crippen molar-refractivity contribution >= 4 is 49.5 Å². The van der Waals surface area contributed by atoms with E-state index in [-0.39, 0.29) is 0 Å². The summed E-state index contributed by atoms with van der Waals surface area (Å²) in [4.78, 5) is 11.3. The molecule has 0 atom stereocenters. The van der Waals surface area contributed by atoms with E-state index in [0.717, 1.165) is 63.3 Å². The summed E-state index contributed by atoms with van der Waals surface area (Å²) >= 11 is 1.64. The normalized spacial score (nSPS) is 13.5. The predicted octanol–water partition coefficient (Wildman–Crippen LogP) is 6.73. The van der Waals surface area contributed by atoms with Crippen molar-refractivity contribution in [1.82, 2.24) is 9.97 Å². The van der Waals surface area contributed by atoms with E-state index >= 15 is 0 Å². The molecule has 1 aliphatic rings. The Labute approximate surface area is 196 Å². The summed E-state index contributed by atoms with van der Waals surface area (Å²) in [7, 11) is 0.